The molecule has 0 aliphatic carbocycles. The molecule has 0 saturated carbocycles. The van der Waals surface area contributed by atoms with Crippen molar-refractivity contribution in [2.45, 2.75) is 46.2 Å². The minimum absolute atomic E-state index is 0.180. The molecular formula is C21H30FN5. The van der Waals surface area contributed by atoms with Crippen LogP contribution in [0.1, 0.15) is 36.7 Å². The molecule has 1 aromatic heterocycles. The maximum atomic E-state index is 14.0. The van der Waals surface area contributed by atoms with Crippen LogP contribution in [0.3, 0.4) is 0 Å². The first-order valence-corrected chi connectivity index (χ1v) is 10.0. The van der Waals surface area contributed by atoms with Gasteiger partial charge in [0.05, 0.1) is 11.4 Å². The Morgan fingerprint density at radius 1 is 1.19 bits per heavy atom. The van der Waals surface area contributed by atoms with Crippen LogP contribution in [-0.4, -0.2) is 40.4 Å². The Balaban J connectivity index is 1.47. The van der Waals surface area contributed by atoms with Gasteiger partial charge in [0.1, 0.15) is 5.82 Å². The highest BCUT2D eigenvalue weighted by Gasteiger charge is 2.33. The molecule has 1 aromatic carbocycles. The number of aromatic nitrogens is 2. The molecule has 2 unspecified atom stereocenters. The van der Waals surface area contributed by atoms with E-state index in [9.17, 15) is 4.39 Å². The van der Waals surface area contributed by atoms with Gasteiger partial charge in [-0.15, -0.1) is 0 Å². The van der Waals surface area contributed by atoms with E-state index in [-0.39, 0.29) is 5.82 Å². The van der Waals surface area contributed by atoms with Gasteiger partial charge in [-0.2, -0.15) is 5.10 Å². The van der Waals surface area contributed by atoms with Crippen molar-refractivity contribution in [3.63, 3.8) is 0 Å². The summed E-state index contributed by atoms with van der Waals surface area (Å²) >= 11 is 0. The van der Waals surface area contributed by atoms with Crippen LogP contribution >= 0.6 is 0 Å². The Hall–Kier alpha value is -1.76. The highest BCUT2D eigenvalue weighted by Crippen LogP contribution is 2.28. The molecule has 2 aliphatic heterocycles. The predicted molar refractivity (Wildman–Crippen MR) is 105 cm³/mol. The molecular weight excluding hydrogens is 341 g/mol. The molecule has 3 heterocycles. The highest BCUT2D eigenvalue weighted by molar-refractivity contribution is 5.42. The maximum absolute atomic E-state index is 14.0. The second-order valence-corrected chi connectivity index (χ2v) is 8.25. The number of aryl methyl sites for hydroxylation is 2. The Morgan fingerprint density at radius 2 is 1.96 bits per heavy atom. The van der Waals surface area contributed by atoms with E-state index >= 15 is 0 Å². The van der Waals surface area contributed by atoms with Gasteiger partial charge in [0.2, 0.25) is 0 Å². The van der Waals surface area contributed by atoms with Gasteiger partial charge >= 0.3 is 0 Å². The summed E-state index contributed by atoms with van der Waals surface area (Å²) in [5.74, 6) is 1.22. The molecule has 2 atom stereocenters. The molecule has 146 valence electrons. The van der Waals surface area contributed by atoms with Gasteiger partial charge in [-0.3, -0.25) is 15.8 Å². The second-order valence-electron chi connectivity index (χ2n) is 8.25. The molecule has 2 N–H and O–H groups in total. The first-order valence-electron chi connectivity index (χ1n) is 10.0. The van der Waals surface area contributed by atoms with E-state index in [1.165, 1.54) is 18.9 Å². The van der Waals surface area contributed by atoms with Gasteiger partial charge in [-0.25, -0.2) is 9.07 Å². The lowest BCUT2D eigenvalue weighted by molar-refractivity contribution is 0.146. The molecule has 5 nitrogen and oxygen atoms in total. The van der Waals surface area contributed by atoms with Gasteiger partial charge in [-0.1, -0.05) is 6.92 Å². The topological polar surface area (TPSA) is 45.1 Å². The van der Waals surface area contributed by atoms with Crippen LogP contribution in [0.25, 0.3) is 5.69 Å². The van der Waals surface area contributed by atoms with Crippen LogP contribution in [0.15, 0.2) is 24.3 Å². The number of rotatable bonds is 4. The average molecular weight is 372 g/mol. The van der Waals surface area contributed by atoms with Crippen LogP contribution in [0.4, 0.5) is 4.39 Å². The van der Waals surface area contributed by atoms with Crippen molar-refractivity contribution in [2.24, 2.45) is 11.8 Å². The quantitative estimate of drug-likeness (QED) is 0.867. The second kappa shape index (κ2) is 7.70. The summed E-state index contributed by atoms with van der Waals surface area (Å²) in [6, 6.07) is 7.69. The zero-order chi connectivity index (χ0) is 19.0. The summed E-state index contributed by atoms with van der Waals surface area (Å²) in [4.78, 5) is 2.45. The predicted octanol–water partition coefficient (Wildman–Crippen LogP) is 2.95. The number of piperidine rings is 1. The van der Waals surface area contributed by atoms with Crippen LogP contribution in [0, 0.1) is 31.5 Å². The SMILES string of the molecule is Cc1cc(C)n(-c2ccc(F)cc2CN2CCC(C3NNCC3C)CC2)n1. The van der Waals surface area contributed by atoms with E-state index in [0.29, 0.717) is 17.9 Å². The Bertz CT molecular complexity index is 794. The lowest BCUT2D eigenvalue weighted by atomic mass is 9.84. The first-order chi connectivity index (χ1) is 13.0. The van der Waals surface area contributed by atoms with Crippen LogP contribution in [0.5, 0.6) is 0 Å². The zero-order valence-corrected chi connectivity index (χ0v) is 16.5. The molecule has 2 fully saturated rings. The largest absolute Gasteiger partial charge is 0.299 e. The highest BCUT2D eigenvalue weighted by atomic mass is 19.1. The molecule has 27 heavy (non-hydrogen) atoms. The Labute approximate surface area is 160 Å². The monoisotopic (exact) mass is 371 g/mol. The Kier molecular flexibility index (Phi) is 5.30. The van der Waals surface area contributed by atoms with Crippen LogP contribution in [-0.2, 0) is 6.54 Å². The molecule has 4 rings (SSSR count). The number of nitrogens with one attached hydrogen (secondary N) is 2. The number of nitrogens with zero attached hydrogens (tertiary/aromatic N) is 3. The minimum atomic E-state index is -0.180. The summed E-state index contributed by atoms with van der Waals surface area (Å²) in [6.45, 7) is 10.3. The zero-order valence-electron chi connectivity index (χ0n) is 16.5. The number of benzene rings is 1. The molecule has 2 aromatic rings. The summed E-state index contributed by atoms with van der Waals surface area (Å²) in [7, 11) is 0. The molecule has 0 radical (unpaired) electrons. The van der Waals surface area contributed by atoms with Crippen molar-refractivity contribution in [2.75, 3.05) is 19.6 Å². The standard InChI is InChI=1S/C21H30FN5/c1-14-12-23-24-21(14)17-6-8-26(9-7-17)13-18-11-19(22)4-5-20(18)27-16(3)10-15(2)25-27/h4-5,10-11,14,17,21,23-24H,6-9,12-13H2,1-3H3. The molecule has 2 saturated heterocycles. The first kappa shape index (κ1) is 18.6. The summed E-state index contributed by atoms with van der Waals surface area (Å²) < 4.78 is 15.9. The van der Waals surface area contributed by atoms with E-state index in [1.807, 2.05) is 24.6 Å². The minimum Gasteiger partial charge on any atom is -0.299 e. The number of halogens is 1. The molecule has 0 spiro atoms. The van der Waals surface area contributed by atoms with Crippen molar-refractivity contribution in [3.8, 4) is 5.69 Å². The fourth-order valence-corrected chi connectivity index (χ4v) is 4.66. The molecule has 2 aliphatic rings. The third-order valence-electron chi connectivity index (χ3n) is 6.12. The summed E-state index contributed by atoms with van der Waals surface area (Å²) in [5.41, 5.74) is 10.8. The average Bonchev–Trinajstić information content (AvgIpc) is 3.21. The van der Waals surface area contributed by atoms with Crippen molar-refractivity contribution in [1.29, 1.82) is 0 Å². The fraction of sp³-hybridized carbons (Fsp3) is 0.571. The maximum Gasteiger partial charge on any atom is 0.123 e. The van der Waals surface area contributed by atoms with Crippen molar-refractivity contribution in [3.05, 3.63) is 47.0 Å². The molecule has 0 amide bonds. The van der Waals surface area contributed by atoms with Gasteiger partial charge in [0, 0.05) is 24.8 Å². The normalized spacial score (nSPS) is 24.6. The van der Waals surface area contributed by atoms with E-state index in [1.54, 1.807) is 6.07 Å². The Morgan fingerprint density at radius 3 is 2.59 bits per heavy atom. The van der Waals surface area contributed by atoms with Crippen molar-refractivity contribution in [1.82, 2.24) is 25.5 Å². The van der Waals surface area contributed by atoms with E-state index in [0.717, 1.165) is 48.8 Å². The molecule has 0 bridgehead atoms. The third kappa shape index (κ3) is 3.93. The molecule has 6 heteroatoms. The lowest BCUT2D eigenvalue weighted by Gasteiger charge is -2.36. The van der Waals surface area contributed by atoms with Crippen LogP contribution in [0.2, 0.25) is 0 Å². The third-order valence-corrected chi connectivity index (χ3v) is 6.12. The number of hydrogen-bond acceptors (Lipinski definition) is 4. The van der Waals surface area contributed by atoms with E-state index < -0.39 is 0 Å². The van der Waals surface area contributed by atoms with Crippen molar-refractivity contribution >= 4 is 0 Å². The van der Waals surface area contributed by atoms with Crippen molar-refractivity contribution < 1.29 is 4.39 Å². The van der Waals surface area contributed by atoms with Gasteiger partial charge in [0.15, 0.2) is 0 Å². The van der Waals surface area contributed by atoms with Gasteiger partial charge in [-0.05, 0) is 81.4 Å². The summed E-state index contributed by atoms with van der Waals surface area (Å²) in [6.07, 6.45) is 2.38. The summed E-state index contributed by atoms with van der Waals surface area (Å²) in [5, 5.41) is 4.60. The number of hydrazine groups is 1. The fourth-order valence-electron chi connectivity index (χ4n) is 4.66. The van der Waals surface area contributed by atoms with E-state index in [2.05, 4.69) is 33.8 Å². The number of hydrogen-bond donors (Lipinski definition) is 2. The number of likely N-dealkylation sites (tertiary alicyclic amines) is 1. The van der Waals surface area contributed by atoms with Gasteiger partial charge in [0.25, 0.3) is 0 Å². The lowest BCUT2D eigenvalue weighted by Crippen LogP contribution is -2.44. The smallest absolute Gasteiger partial charge is 0.123 e. The van der Waals surface area contributed by atoms with Gasteiger partial charge < -0.3 is 0 Å². The van der Waals surface area contributed by atoms with Crippen LogP contribution < -0.4 is 10.9 Å². The van der Waals surface area contributed by atoms with E-state index in [4.69, 9.17) is 0 Å².